The number of carbonyl (C=O) groups excluding carboxylic acids is 1. The van der Waals surface area contributed by atoms with E-state index in [4.69, 9.17) is 5.73 Å². The first-order chi connectivity index (χ1) is 10.2. The minimum absolute atomic E-state index is 0.669. The molecule has 0 spiro atoms. The molecule has 1 amide bonds. The lowest BCUT2D eigenvalue weighted by atomic mass is 10.1. The maximum absolute atomic E-state index is 14.0. The van der Waals surface area contributed by atoms with Crippen LogP contribution in [-0.2, 0) is 10.0 Å². The van der Waals surface area contributed by atoms with Gasteiger partial charge in [-0.3, -0.25) is 9.52 Å². The zero-order valence-electron chi connectivity index (χ0n) is 10.8. The zero-order chi connectivity index (χ0) is 16.5. The summed E-state index contributed by atoms with van der Waals surface area (Å²) in [7, 11) is -4.46. The van der Waals surface area contributed by atoms with Crippen molar-refractivity contribution in [2.45, 2.75) is 4.90 Å². The van der Waals surface area contributed by atoms with Gasteiger partial charge in [0.2, 0.25) is 0 Å². The molecule has 0 atom stereocenters. The minimum atomic E-state index is -4.46. The number of hydrogen-bond donors (Lipinski definition) is 2. The maximum Gasteiger partial charge on any atom is 0.264 e. The summed E-state index contributed by atoms with van der Waals surface area (Å²) in [5, 5.41) is 0. The number of nitrogens with two attached hydrogens (primary N) is 1. The van der Waals surface area contributed by atoms with Crippen LogP contribution in [0.4, 0.5) is 18.9 Å². The second-order valence-electron chi connectivity index (χ2n) is 4.18. The van der Waals surface area contributed by atoms with Crippen LogP contribution in [0.1, 0.15) is 10.4 Å². The predicted octanol–water partition coefficient (Wildman–Crippen LogP) is 2.00. The number of hydrogen-bond acceptors (Lipinski definition) is 3. The van der Waals surface area contributed by atoms with E-state index < -0.39 is 49.5 Å². The number of anilines is 1. The van der Waals surface area contributed by atoms with Crippen molar-refractivity contribution in [3.8, 4) is 0 Å². The van der Waals surface area contributed by atoms with Gasteiger partial charge in [0, 0.05) is 0 Å². The van der Waals surface area contributed by atoms with Crippen molar-refractivity contribution in [3.63, 3.8) is 0 Å². The molecule has 2 rings (SSSR count). The molecule has 0 heterocycles. The van der Waals surface area contributed by atoms with Gasteiger partial charge in [0.25, 0.3) is 15.9 Å². The maximum atomic E-state index is 14.0. The highest BCUT2D eigenvalue weighted by Crippen LogP contribution is 2.24. The van der Waals surface area contributed by atoms with Crippen LogP contribution in [0.5, 0.6) is 0 Å². The molecule has 5 nitrogen and oxygen atoms in total. The Bertz CT molecular complexity index is 854. The van der Waals surface area contributed by atoms with Gasteiger partial charge in [-0.05, 0) is 24.3 Å². The molecule has 2 aromatic rings. The normalized spacial score (nSPS) is 11.2. The molecule has 0 fully saturated rings. The van der Waals surface area contributed by atoms with E-state index in [1.807, 2.05) is 0 Å². The summed E-state index contributed by atoms with van der Waals surface area (Å²) in [6, 6.07) is 5.85. The average Bonchev–Trinajstić information content (AvgIpc) is 2.42. The molecule has 0 aromatic heterocycles. The summed E-state index contributed by atoms with van der Waals surface area (Å²) in [6.07, 6.45) is 0. The molecule has 0 saturated carbocycles. The van der Waals surface area contributed by atoms with E-state index in [9.17, 15) is 26.4 Å². The molecule has 0 radical (unpaired) electrons. The molecule has 116 valence electrons. The Kier molecular flexibility index (Phi) is 4.09. The summed E-state index contributed by atoms with van der Waals surface area (Å²) in [5.74, 6) is -5.17. The first-order valence-corrected chi connectivity index (χ1v) is 7.27. The molecular formula is C13H9F3N2O3S. The number of benzene rings is 2. The molecule has 2 aromatic carbocycles. The number of primary amides is 1. The molecule has 0 bridgehead atoms. The van der Waals surface area contributed by atoms with Gasteiger partial charge in [0.1, 0.15) is 22.1 Å². The van der Waals surface area contributed by atoms with Gasteiger partial charge in [-0.25, -0.2) is 21.6 Å². The first-order valence-electron chi connectivity index (χ1n) is 5.79. The van der Waals surface area contributed by atoms with Gasteiger partial charge in [-0.2, -0.15) is 0 Å². The van der Waals surface area contributed by atoms with Crippen molar-refractivity contribution >= 4 is 21.6 Å². The van der Waals surface area contributed by atoms with Gasteiger partial charge in [0.05, 0.1) is 5.69 Å². The number of sulfonamides is 1. The summed E-state index contributed by atoms with van der Waals surface area (Å²) in [5.41, 5.74) is 3.01. The Balaban J connectivity index is 2.50. The van der Waals surface area contributed by atoms with Crippen molar-refractivity contribution in [3.05, 3.63) is 59.4 Å². The lowest BCUT2D eigenvalue weighted by Gasteiger charge is -2.11. The Hall–Kier alpha value is -2.55. The molecule has 0 aliphatic heterocycles. The topological polar surface area (TPSA) is 89.3 Å². The van der Waals surface area contributed by atoms with Crippen LogP contribution >= 0.6 is 0 Å². The van der Waals surface area contributed by atoms with Gasteiger partial charge in [-0.1, -0.05) is 12.1 Å². The van der Waals surface area contributed by atoms with E-state index in [1.54, 1.807) is 4.72 Å². The Morgan fingerprint density at radius 2 is 1.64 bits per heavy atom. The summed E-state index contributed by atoms with van der Waals surface area (Å²) >= 11 is 0. The summed E-state index contributed by atoms with van der Waals surface area (Å²) in [6.45, 7) is 0. The van der Waals surface area contributed by atoms with Crippen LogP contribution in [0.15, 0.2) is 41.3 Å². The monoisotopic (exact) mass is 330 g/mol. The molecule has 0 unspecified atom stereocenters. The fourth-order valence-electron chi connectivity index (χ4n) is 1.72. The minimum Gasteiger partial charge on any atom is -0.365 e. The largest absolute Gasteiger partial charge is 0.365 e. The van der Waals surface area contributed by atoms with Crippen LogP contribution in [-0.4, -0.2) is 14.3 Å². The second-order valence-corrected chi connectivity index (χ2v) is 5.83. The second kappa shape index (κ2) is 5.68. The Morgan fingerprint density at radius 1 is 1.00 bits per heavy atom. The van der Waals surface area contributed by atoms with Crippen LogP contribution in [0.3, 0.4) is 0 Å². The Morgan fingerprint density at radius 3 is 2.23 bits per heavy atom. The van der Waals surface area contributed by atoms with E-state index in [0.29, 0.717) is 6.07 Å². The third kappa shape index (κ3) is 2.89. The molecule has 0 aliphatic rings. The lowest BCUT2D eigenvalue weighted by Crippen LogP contribution is -2.19. The van der Waals surface area contributed by atoms with Crippen LogP contribution < -0.4 is 10.5 Å². The lowest BCUT2D eigenvalue weighted by molar-refractivity contribution is 0.0992. The van der Waals surface area contributed by atoms with Crippen LogP contribution in [0, 0.1) is 17.5 Å². The molecule has 0 saturated heterocycles. The van der Waals surface area contributed by atoms with Crippen molar-refractivity contribution in [1.82, 2.24) is 0 Å². The Labute approximate surface area is 123 Å². The highest BCUT2D eigenvalue weighted by atomic mass is 32.2. The van der Waals surface area contributed by atoms with Crippen molar-refractivity contribution < 1.29 is 26.4 Å². The van der Waals surface area contributed by atoms with E-state index in [-0.39, 0.29) is 0 Å². The van der Waals surface area contributed by atoms with Gasteiger partial charge in [0.15, 0.2) is 5.82 Å². The van der Waals surface area contributed by atoms with Crippen molar-refractivity contribution in [2.75, 3.05) is 4.72 Å². The average molecular weight is 330 g/mol. The number of carbonyl (C=O) groups is 1. The molecule has 22 heavy (non-hydrogen) atoms. The fourth-order valence-corrected chi connectivity index (χ4v) is 2.86. The van der Waals surface area contributed by atoms with E-state index in [1.165, 1.54) is 12.1 Å². The van der Waals surface area contributed by atoms with Gasteiger partial charge < -0.3 is 5.73 Å². The molecule has 0 aliphatic carbocycles. The number of halogens is 3. The van der Waals surface area contributed by atoms with E-state index in [2.05, 4.69) is 0 Å². The predicted molar refractivity (Wildman–Crippen MR) is 72.1 cm³/mol. The summed E-state index contributed by atoms with van der Waals surface area (Å²) in [4.78, 5) is 10.3. The number of rotatable bonds is 4. The molecule has 3 N–H and O–H groups in total. The van der Waals surface area contributed by atoms with Crippen molar-refractivity contribution in [1.29, 1.82) is 0 Å². The highest BCUT2D eigenvalue weighted by molar-refractivity contribution is 7.92. The van der Waals surface area contributed by atoms with Gasteiger partial charge in [-0.15, -0.1) is 0 Å². The highest BCUT2D eigenvalue weighted by Gasteiger charge is 2.24. The molecule has 9 heteroatoms. The zero-order valence-corrected chi connectivity index (χ0v) is 11.6. The van der Waals surface area contributed by atoms with Gasteiger partial charge >= 0.3 is 0 Å². The smallest absolute Gasteiger partial charge is 0.264 e. The van der Waals surface area contributed by atoms with Crippen LogP contribution in [0.2, 0.25) is 0 Å². The quantitative estimate of drug-likeness (QED) is 0.898. The standard InChI is InChI=1S/C13H9F3N2O3S/c14-7-3-1-2-4-10(7)22(20,21)18-9-6-5-8(15)11(12(9)16)13(17)19/h1-6,18H,(H2,17,19). The van der Waals surface area contributed by atoms with Crippen molar-refractivity contribution in [2.24, 2.45) is 5.73 Å². The summed E-state index contributed by atoms with van der Waals surface area (Å²) < 4.78 is 66.6. The third-order valence-corrected chi connectivity index (χ3v) is 4.11. The third-order valence-electron chi connectivity index (χ3n) is 2.71. The number of nitrogens with one attached hydrogen (secondary N) is 1. The first kappa shape index (κ1) is 15.8. The van der Waals surface area contributed by atoms with Crippen LogP contribution in [0.25, 0.3) is 0 Å². The van der Waals surface area contributed by atoms with E-state index in [0.717, 1.165) is 18.2 Å². The fraction of sp³-hybridized carbons (Fsp3) is 0. The molecular weight excluding hydrogens is 321 g/mol. The van der Waals surface area contributed by atoms with E-state index >= 15 is 0 Å². The number of amides is 1. The SMILES string of the molecule is NC(=O)c1c(F)ccc(NS(=O)(=O)c2ccccc2F)c1F.